The number of piperidine rings is 1. The Kier molecular flexibility index (Phi) is 14.9. The first-order chi connectivity index (χ1) is 33.6. The number of rotatable bonds is 16. The first-order valence-electron chi connectivity index (χ1n) is 24.5. The van der Waals surface area contributed by atoms with Crippen molar-refractivity contribution in [1.29, 1.82) is 0 Å². The van der Waals surface area contributed by atoms with E-state index in [1.165, 1.54) is 4.90 Å². The molecular weight excluding hydrogens is 936 g/mol. The first-order valence-corrected chi connectivity index (χ1v) is 27.4. The zero-order valence-corrected chi connectivity index (χ0v) is 43.0. The van der Waals surface area contributed by atoms with Crippen molar-refractivity contribution in [3.8, 4) is 22.4 Å². The summed E-state index contributed by atoms with van der Waals surface area (Å²) in [5.41, 5.74) is 9.18. The third-order valence-electron chi connectivity index (χ3n) is 14.5. The molecule has 0 unspecified atom stereocenters. The van der Waals surface area contributed by atoms with Crippen molar-refractivity contribution in [1.82, 2.24) is 9.47 Å². The van der Waals surface area contributed by atoms with Crippen molar-refractivity contribution < 1.29 is 23.4 Å². The number of carbonyl (C=O) groups is 1. The molecule has 0 spiro atoms. The van der Waals surface area contributed by atoms with Crippen molar-refractivity contribution in [2.45, 2.75) is 86.8 Å². The van der Waals surface area contributed by atoms with Crippen molar-refractivity contribution in [2.24, 2.45) is 13.0 Å². The molecule has 5 aromatic carbocycles. The van der Waals surface area contributed by atoms with Crippen LogP contribution in [0.5, 0.6) is 0 Å². The van der Waals surface area contributed by atoms with Gasteiger partial charge in [0, 0.05) is 102 Å². The number of aliphatic hydroxyl groups excluding tert-OH is 1. The summed E-state index contributed by atoms with van der Waals surface area (Å²) in [6.45, 7) is 10.0. The number of sulfonamides is 1. The molecule has 2 saturated heterocycles. The number of nitrogens with one attached hydrogen (secondary N) is 2. The second-order valence-corrected chi connectivity index (χ2v) is 23.0. The summed E-state index contributed by atoms with van der Waals surface area (Å²) in [5.74, 6) is 1.37. The van der Waals surface area contributed by atoms with Gasteiger partial charge in [-0.2, -0.15) is 0 Å². The van der Waals surface area contributed by atoms with Gasteiger partial charge in [0.2, 0.25) is 0 Å². The van der Waals surface area contributed by atoms with Crippen LogP contribution in [-0.2, 0) is 17.1 Å². The van der Waals surface area contributed by atoms with Gasteiger partial charge in [0.15, 0.2) is 0 Å². The Hall–Kier alpha value is -5.44. The Morgan fingerprint density at radius 3 is 2.14 bits per heavy atom. The molecule has 0 radical (unpaired) electrons. The largest absolute Gasteiger partial charge is 0.393 e. The molecule has 9 rings (SSSR count). The summed E-state index contributed by atoms with van der Waals surface area (Å²) in [7, 11) is -1.84. The number of likely N-dealkylation sites (tertiary alicyclic amines) is 1. The van der Waals surface area contributed by atoms with Gasteiger partial charge >= 0.3 is 0 Å². The maximum atomic E-state index is 14.4. The maximum absolute atomic E-state index is 14.4. The van der Waals surface area contributed by atoms with Crippen LogP contribution in [0.2, 0.25) is 5.02 Å². The monoisotopic (exact) mass is 1000 g/mol. The number of aromatic nitrogens is 1. The van der Waals surface area contributed by atoms with E-state index in [9.17, 15) is 23.4 Å². The number of halogens is 1. The molecule has 70 heavy (non-hydrogen) atoms. The second kappa shape index (κ2) is 21.1. The topological polar surface area (TPSA) is 130 Å². The summed E-state index contributed by atoms with van der Waals surface area (Å²) < 4.78 is 32.4. The number of aryl methyl sites for hydroxylation is 1. The van der Waals surface area contributed by atoms with Gasteiger partial charge in [-0.05, 0) is 161 Å². The highest BCUT2D eigenvalue weighted by atomic mass is 35.5. The number of thioether (sulfide) groups is 1. The highest BCUT2D eigenvalue weighted by molar-refractivity contribution is 7.99. The molecule has 1 saturated carbocycles. The quantitative estimate of drug-likeness (QED) is 0.0700. The predicted molar refractivity (Wildman–Crippen MR) is 287 cm³/mol. The van der Waals surface area contributed by atoms with Crippen LogP contribution in [0.25, 0.3) is 22.4 Å². The molecule has 1 aliphatic carbocycles. The highest BCUT2D eigenvalue weighted by Gasteiger charge is 2.38. The molecule has 3 heterocycles. The summed E-state index contributed by atoms with van der Waals surface area (Å²) in [5, 5.41) is 24.9. The zero-order valence-electron chi connectivity index (χ0n) is 40.6. The van der Waals surface area contributed by atoms with E-state index in [-0.39, 0.29) is 22.9 Å². The fraction of sp³-hybridized carbons (Fsp3) is 0.375. The lowest BCUT2D eigenvalue weighted by molar-refractivity contribution is -0.0598. The highest BCUT2D eigenvalue weighted by Crippen LogP contribution is 2.42. The van der Waals surface area contributed by atoms with E-state index >= 15 is 0 Å². The summed E-state index contributed by atoms with van der Waals surface area (Å²) in [4.78, 5) is 22.4. The van der Waals surface area contributed by atoms with Crippen LogP contribution in [0.1, 0.15) is 67.1 Å². The SMILES string of the molecule is Cc1cc(S(=O)(=O)Nc2ccc(N3CCN(c4cccc(-c5c(C(=O)N6CCC(O)CC6)c(C)n(C)c5-c5ccc(Cl)cc5)c4)CC3)cc2)ccc1N[C@H](CCC1CC(C)(O)C1)CSc1ccccc1. The normalized spacial score (nSPS) is 19.2. The number of amides is 1. The van der Waals surface area contributed by atoms with Crippen molar-refractivity contribution in [3.05, 3.63) is 143 Å². The molecular formula is C56H65ClN6O5S2. The first kappa shape index (κ1) is 49.5. The molecule has 1 aromatic heterocycles. The smallest absolute Gasteiger partial charge is 0.261 e. The van der Waals surface area contributed by atoms with Crippen LogP contribution in [0, 0.1) is 19.8 Å². The van der Waals surface area contributed by atoms with Gasteiger partial charge in [-0.3, -0.25) is 9.52 Å². The molecule has 1 amide bonds. The van der Waals surface area contributed by atoms with Gasteiger partial charge < -0.3 is 34.8 Å². The number of hydrogen-bond acceptors (Lipinski definition) is 9. The van der Waals surface area contributed by atoms with Gasteiger partial charge in [-0.15, -0.1) is 11.8 Å². The van der Waals surface area contributed by atoms with Crippen LogP contribution in [0.4, 0.5) is 22.7 Å². The summed E-state index contributed by atoms with van der Waals surface area (Å²) in [6, 6.07) is 39.7. The number of nitrogens with zero attached hydrogens (tertiary/aromatic N) is 4. The van der Waals surface area contributed by atoms with Crippen LogP contribution in [-0.4, -0.2) is 96.8 Å². The Morgan fingerprint density at radius 2 is 1.49 bits per heavy atom. The predicted octanol–water partition coefficient (Wildman–Crippen LogP) is 10.9. The van der Waals surface area contributed by atoms with Gasteiger partial charge in [0.1, 0.15) is 0 Å². The number of carbonyl (C=O) groups excluding carboxylic acids is 1. The van der Waals surface area contributed by atoms with Crippen LogP contribution in [0.15, 0.2) is 131 Å². The van der Waals surface area contributed by atoms with Gasteiger partial charge in [-0.1, -0.05) is 54.1 Å². The van der Waals surface area contributed by atoms with Crippen molar-refractivity contribution in [3.63, 3.8) is 0 Å². The van der Waals surface area contributed by atoms with Gasteiger partial charge in [-0.25, -0.2) is 8.42 Å². The Balaban J connectivity index is 0.845. The number of hydrogen-bond donors (Lipinski definition) is 4. The van der Waals surface area contributed by atoms with E-state index in [4.69, 9.17) is 11.6 Å². The van der Waals surface area contributed by atoms with E-state index in [2.05, 4.69) is 72.9 Å². The number of anilines is 4. The minimum atomic E-state index is -3.85. The molecule has 1 atom stereocenters. The Bertz CT molecular complexity index is 2890. The molecule has 6 aromatic rings. The standard InChI is InChI=1S/C56H65ClN6O5S2/c1-38-33-50(23-24-51(38)58-45(18-13-40-35-56(3,66)36-40)37-69-49-11-6-5-7-12-49)70(67,68)59-44-19-21-46(22-20-44)61-29-31-62(32-30-61)47-10-8-9-42(34-47)53-52(55(65)63-27-25-48(64)26-28-63)39(2)60(4)54(53)41-14-16-43(57)17-15-41/h5-12,14-17,19-24,33-34,40,45,48,58-59,64,66H,13,18,25-32,35-37H2,1-4H3/t40?,45-,56?/m1/s1. The maximum Gasteiger partial charge on any atom is 0.261 e. The van der Waals surface area contributed by atoms with Crippen LogP contribution >= 0.6 is 23.4 Å². The van der Waals surface area contributed by atoms with Gasteiger partial charge in [0.05, 0.1) is 27.9 Å². The Morgan fingerprint density at radius 1 is 0.814 bits per heavy atom. The number of piperazine rings is 1. The van der Waals surface area contributed by atoms with E-state index in [0.717, 1.165) is 108 Å². The van der Waals surface area contributed by atoms with E-state index in [1.807, 2.05) is 105 Å². The molecule has 11 nitrogen and oxygen atoms in total. The summed E-state index contributed by atoms with van der Waals surface area (Å²) in [6.07, 6.45) is 4.43. The zero-order chi connectivity index (χ0) is 49.2. The number of aliphatic hydroxyl groups is 2. The minimum Gasteiger partial charge on any atom is -0.393 e. The number of benzene rings is 5. The minimum absolute atomic E-state index is 0.0173. The lowest BCUT2D eigenvalue weighted by Crippen LogP contribution is -2.46. The molecule has 3 fully saturated rings. The molecule has 2 aliphatic heterocycles. The average molecular weight is 1000 g/mol. The van der Waals surface area contributed by atoms with Crippen molar-refractivity contribution in [2.75, 3.05) is 64.9 Å². The molecule has 0 bridgehead atoms. The molecule has 14 heteroatoms. The van der Waals surface area contributed by atoms with Crippen molar-refractivity contribution >= 4 is 62.0 Å². The van der Waals surface area contributed by atoms with E-state index < -0.39 is 15.6 Å². The fourth-order valence-electron chi connectivity index (χ4n) is 10.5. The lowest BCUT2D eigenvalue weighted by Gasteiger charge is -2.41. The molecule has 4 N–H and O–H groups in total. The second-order valence-electron chi connectivity index (χ2n) is 19.7. The third kappa shape index (κ3) is 11.3. The summed E-state index contributed by atoms with van der Waals surface area (Å²) >= 11 is 8.15. The van der Waals surface area contributed by atoms with E-state index in [1.54, 1.807) is 12.1 Å². The van der Waals surface area contributed by atoms with E-state index in [0.29, 0.717) is 48.1 Å². The van der Waals surface area contributed by atoms with Gasteiger partial charge in [0.25, 0.3) is 15.9 Å². The lowest BCUT2D eigenvalue weighted by atomic mass is 9.70. The molecule has 3 aliphatic rings. The fourth-order valence-corrected chi connectivity index (χ4v) is 12.7. The Labute approximate surface area is 422 Å². The van der Waals surface area contributed by atoms with Crippen LogP contribution < -0.4 is 19.8 Å². The third-order valence-corrected chi connectivity index (χ3v) is 17.3. The average Bonchev–Trinajstić information content (AvgIpc) is 3.61. The van der Waals surface area contributed by atoms with Crippen LogP contribution in [0.3, 0.4) is 0 Å². The molecule has 368 valence electrons.